The Bertz CT molecular complexity index is 344. The minimum Gasteiger partial charge on any atom is -0.499 e. The van der Waals surface area contributed by atoms with Gasteiger partial charge in [-0.1, -0.05) is 36.3 Å². The van der Waals surface area contributed by atoms with Crippen LogP contribution >= 0.6 is 0 Å². The molecule has 0 bridgehead atoms. The van der Waals surface area contributed by atoms with E-state index in [9.17, 15) is 0 Å². The smallest absolute Gasteiger partial charge is 0.116 e. The Hall–Kier alpha value is -0.660. The number of ether oxygens (including phenoxy) is 5. The van der Waals surface area contributed by atoms with Crippen LogP contribution in [0.25, 0.3) is 0 Å². The van der Waals surface area contributed by atoms with Crippen molar-refractivity contribution in [2.45, 2.75) is 115 Å². The molecule has 0 heterocycles. The van der Waals surface area contributed by atoms with Gasteiger partial charge in [0.1, 0.15) is 12.7 Å². The molecule has 0 rings (SSSR count). The van der Waals surface area contributed by atoms with Crippen LogP contribution in [0.5, 0.6) is 0 Å². The third-order valence-electron chi connectivity index (χ3n) is 2.44. The van der Waals surface area contributed by atoms with Crippen LogP contribution in [0.3, 0.4) is 0 Å². The highest BCUT2D eigenvalue weighted by Gasteiger charge is 2.13. The molecule has 1 unspecified atom stereocenters. The molecule has 0 aromatic rings. The fourth-order valence-corrected chi connectivity index (χ4v) is 1.50. The van der Waals surface area contributed by atoms with Gasteiger partial charge >= 0.3 is 0 Å². The minimum absolute atomic E-state index is 0. The molecule has 31 heavy (non-hydrogen) atoms. The van der Waals surface area contributed by atoms with Crippen molar-refractivity contribution in [3.8, 4) is 0 Å². The largest absolute Gasteiger partial charge is 0.499 e. The van der Waals surface area contributed by atoms with E-state index < -0.39 is 5.60 Å². The molecule has 0 aromatic heterocycles. The lowest BCUT2D eigenvalue weighted by Gasteiger charge is -2.22. The third kappa shape index (κ3) is 53.0. The van der Waals surface area contributed by atoms with E-state index >= 15 is 0 Å². The fourth-order valence-electron chi connectivity index (χ4n) is 1.50. The van der Waals surface area contributed by atoms with Crippen molar-refractivity contribution in [3.05, 3.63) is 12.8 Å². The highest BCUT2D eigenvalue weighted by Crippen LogP contribution is 2.07. The van der Waals surface area contributed by atoms with E-state index in [0.29, 0.717) is 39.6 Å². The van der Waals surface area contributed by atoms with Gasteiger partial charge in [0.15, 0.2) is 0 Å². The summed E-state index contributed by atoms with van der Waals surface area (Å²) in [5.41, 5.74) is -0.799. The van der Waals surface area contributed by atoms with Crippen LogP contribution in [-0.4, -0.2) is 67.7 Å². The quantitative estimate of drug-likeness (QED) is 0.267. The van der Waals surface area contributed by atoms with E-state index in [0.717, 1.165) is 0 Å². The molecular weight excluding hydrogens is 396 g/mol. The van der Waals surface area contributed by atoms with Crippen molar-refractivity contribution in [1.29, 1.82) is 0 Å². The topological polar surface area (TPSA) is 66.4 Å². The van der Waals surface area contributed by atoms with E-state index in [4.69, 9.17) is 28.8 Å². The van der Waals surface area contributed by atoms with Gasteiger partial charge < -0.3 is 28.8 Å². The van der Waals surface area contributed by atoms with E-state index in [1.54, 1.807) is 20.8 Å². The lowest BCUT2D eigenvalue weighted by Crippen LogP contribution is -2.29. The summed E-state index contributed by atoms with van der Waals surface area (Å²) in [5, 5.41) is 8.52. The maximum atomic E-state index is 8.52. The van der Waals surface area contributed by atoms with Gasteiger partial charge in [-0.2, -0.15) is 0 Å². The molecule has 1 N–H and O–H groups in total. The predicted octanol–water partition coefficient (Wildman–Crippen LogP) is 6.50. The number of hydrogen-bond donors (Lipinski definition) is 1. The molecule has 0 saturated heterocycles. The van der Waals surface area contributed by atoms with Gasteiger partial charge in [0, 0.05) is 0 Å². The van der Waals surface area contributed by atoms with Crippen LogP contribution in [0, 0.1) is 0 Å². The zero-order valence-electron chi connectivity index (χ0n) is 19.1. The molecule has 0 aromatic carbocycles. The zero-order chi connectivity index (χ0) is 21.6. The first-order chi connectivity index (χ1) is 12.1. The second-order valence-electron chi connectivity index (χ2n) is 9.16. The SMILES string of the molecule is C.C.C.C.C=COCC(COCCOC(C)(C)C)OCCOC(C)(C)C.CC(C)(C)O. The maximum Gasteiger partial charge on any atom is 0.116 e. The zero-order valence-corrected chi connectivity index (χ0v) is 19.1. The van der Waals surface area contributed by atoms with Crippen LogP contribution in [-0.2, 0) is 23.7 Å². The summed E-state index contributed by atoms with van der Waals surface area (Å²) in [6.07, 6.45) is 1.27. The summed E-state index contributed by atoms with van der Waals surface area (Å²) < 4.78 is 27.7. The molecule has 6 nitrogen and oxygen atoms in total. The van der Waals surface area contributed by atoms with Crippen LogP contribution in [0.4, 0.5) is 0 Å². The van der Waals surface area contributed by atoms with Gasteiger partial charge in [0.05, 0.1) is 56.1 Å². The predicted molar refractivity (Wildman–Crippen MR) is 137 cm³/mol. The van der Waals surface area contributed by atoms with Crippen molar-refractivity contribution in [2.75, 3.05) is 39.6 Å². The van der Waals surface area contributed by atoms with Crippen molar-refractivity contribution in [3.63, 3.8) is 0 Å². The van der Waals surface area contributed by atoms with Crippen LogP contribution < -0.4 is 0 Å². The standard InChI is InChI=1S/C17H34O5.C4H10O.4CH4/c1-8-18-13-15(20-10-12-22-17(5,6)7)14-19-9-11-21-16(2,3)4;1-4(2,3)5;;;;/h8,15H,1,9-14H2,2-7H3;5H,1-3H3;4*1H4. The van der Waals surface area contributed by atoms with Crippen molar-refractivity contribution >= 4 is 0 Å². The third-order valence-corrected chi connectivity index (χ3v) is 2.44. The van der Waals surface area contributed by atoms with Gasteiger partial charge in [0.2, 0.25) is 0 Å². The molecular formula is C25H60O6. The van der Waals surface area contributed by atoms with E-state index in [1.807, 2.05) is 41.5 Å². The average Bonchev–Trinajstić information content (AvgIpc) is 2.43. The lowest BCUT2D eigenvalue weighted by molar-refractivity contribution is -0.0924. The van der Waals surface area contributed by atoms with Crippen LogP contribution in [0.1, 0.15) is 92.0 Å². The minimum atomic E-state index is -0.500. The first kappa shape index (κ1) is 44.1. The Kier molecular flexibility index (Phi) is 32.0. The van der Waals surface area contributed by atoms with Crippen molar-refractivity contribution in [2.24, 2.45) is 0 Å². The van der Waals surface area contributed by atoms with Gasteiger partial charge in [-0.25, -0.2) is 0 Å². The lowest BCUT2D eigenvalue weighted by atomic mass is 10.2. The Morgan fingerprint density at radius 3 is 1.45 bits per heavy atom. The normalized spacial score (nSPS) is 11.8. The van der Waals surface area contributed by atoms with Crippen LogP contribution in [0.2, 0.25) is 0 Å². The highest BCUT2D eigenvalue weighted by atomic mass is 16.6. The fraction of sp³-hybridized carbons (Fsp3) is 0.920. The Morgan fingerprint density at radius 2 is 1.10 bits per heavy atom. The molecule has 1 atom stereocenters. The second kappa shape index (κ2) is 22.5. The molecule has 6 heteroatoms. The van der Waals surface area contributed by atoms with E-state index in [-0.39, 0.29) is 47.0 Å². The number of hydrogen-bond acceptors (Lipinski definition) is 6. The van der Waals surface area contributed by atoms with E-state index in [1.165, 1.54) is 6.26 Å². The monoisotopic (exact) mass is 456 g/mol. The molecule has 0 spiro atoms. The summed E-state index contributed by atoms with van der Waals surface area (Å²) in [7, 11) is 0. The summed E-state index contributed by atoms with van der Waals surface area (Å²) in [5.74, 6) is 0. The molecule has 0 aliphatic carbocycles. The Balaban J connectivity index is -0.000000155. The molecule has 0 aliphatic heterocycles. The van der Waals surface area contributed by atoms with Gasteiger partial charge in [-0.3, -0.25) is 0 Å². The molecule has 196 valence electrons. The van der Waals surface area contributed by atoms with Gasteiger partial charge in [0.25, 0.3) is 0 Å². The van der Waals surface area contributed by atoms with Crippen LogP contribution in [0.15, 0.2) is 12.8 Å². The Labute approximate surface area is 196 Å². The van der Waals surface area contributed by atoms with Gasteiger partial charge in [-0.05, 0) is 62.3 Å². The van der Waals surface area contributed by atoms with Gasteiger partial charge in [-0.15, -0.1) is 0 Å². The molecule has 0 radical (unpaired) electrons. The average molecular weight is 457 g/mol. The summed E-state index contributed by atoms with van der Waals surface area (Å²) in [6.45, 7) is 23.9. The molecule has 0 amide bonds. The first-order valence-corrected chi connectivity index (χ1v) is 9.56. The Morgan fingerprint density at radius 1 is 0.710 bits per heavy atom. The highest BCUT2D eigenvalue weighted by molar-refractivity contribution is 4.62. The molecule has 0 saturated carbocycles. The van der Waals surface area contributed by atoms with Crippen molar-refractivity contribution in [1.82, 2.24) is 0 Å². The summed E-state index contributed by atoms with van der Waals surface area (Å²) in [4.78, 5) is 0. The van der Waals surface area contributed by atoms with E-state index in [2.05, 4.69) is 6.58 Å². The summed E-state index contributed by atoms with van der Waals surface area (Å²) in [6, 6.07) is 0. The number of rotatable bonds is 12. The summed E-state index contributed by atoms with van der Waals surface area (Å²) >= 11 is 0. The second-order valence-corrected chi connectivity index (χ2v) is 9.16. The molecule has 0 aliphatic rings. The molecule has 0 fully saturated rings. The maximum absolute atomic E-state index is 8.52. The van der Waals surface area contributed by atoms with Crippen molar-refractivity contribution < 1.29 is 28.8 Å². The first-order valence-electron chi connectivity index (χ1n) is 9.56. The number of aliphatic hydroxyl groups is 1.